The fraction of sp³-hybridized carbons (Fsp3) is 0.526. The Morgan fingerprint density at radius 2 is 2.00 bits per heavy atom. The van der Waals surface area contributed by atoms with Crippen molar-refractivity contribution in [1.82, 2.24) is 14.7 Å². The largest absolute Gasteiger partial charge is 0.381 e. The van der Waals surface area contributed by atoms with Crippen LogP contribution in [0.15, 0.2) is 36.5 Å². The molecule has 0 amide bonds. The van der Waals surface area contributed by atoms with Crippen LogP contribution >= 0.6 is 0 Å². The summed E-state index contributed by atoms with van der Waals surface area (Å²) in [7, 11) is 0. The van der Waals surface area contributed by atoms with Gasteiger partial charge >= 0.3 is 0 Å². The number of rotatable bonds is 6. The summed E-state index contributed by atoms with van der Waals surface area (Å²) in [6.45, 7) is 5.11. The smallest absolute Gasteiger partial charge is 0.123 e. The summed E-state index contributed by atoms with van der Waals surface area (Å²) in [5, 5.41) is 4.45. The minimum Gasteiger partial charge on any atom is -0.381 e. The maximum absolute atomic E-state index is 13.5. The molecule has 0 radical (unpaired) electrons. The Labute approximate surface area is 142 Å². The van der Waals surface area contributed by atoms with E-state index in [-0.39, 0.29) is 5.82 Å². The van der Waals surface area contributed by atoms with Gasteiger partial charge in [-0.2, -0.15) is 5.10 Å². The van der Waals surface area contributed by atoms with Crippen LogP contribution in [-0.2, 0) is 24.4 Å². The number of hydrogen-bond donors (Lipinski definition) is 0. The van der Waals surface area contributed by atoms with Gasteiger partial charge in [0.25, 0.3) is 0 Å². The molecule has 0 saturated heterocycles. The standard InChI is InChI=1S/C19H24FN3O/c20-18-3-1-2-16(8-18)9-22-10-17(14-24-13-15-4-5-15)11-23-19(12-22)6-7-21-23/h1-3,6-8,15,17H,4-5,9-14H2. The van der Waals surface area contributed by atoms with Crippen molar-refractivity contribution in [3.05, 3.63) is 53.6 Å². The van der Waals surface area contributed by atoms with Crippen LogP contribution in [0.1, 0.15) is 24.1 Å². The molecule has 0 bridgehead atoms. The number of halogens is 1. The minimum absolute atomic E-state index is 0.170. The van der Waals surface area contributed by atoms with Crippen molar-refractivity contribution in [3.8, 4) is 0 Å². The molecule has 1 unspecified atom stereocenters. The van der Waals surface area contributed by atoms with Crippen molar-refractivity contribution >= 4 is 0 Å². The summed E-state index contributed by atoms with van der Waals surface area (Å²) in [5.74, 6) is 1.04. The maximum atomic E-state index is 13.5. The lowest BCUT2D eigenvalue weighted by Gasteiger charge is -2.24. The second-order valence-corrected chi connectivity index (χ2v) is 7.15. The fourth-order valence-corrected chi connectivity index (χ4v) is 3.43. The summed E-state index contributed by atoms with van der Waals surface area (Å²) >= 11 is 0. The van der Waals surface area contributed by atoms with Gasteiger partial charge in [0.05, 0.1) is 12.3 Å². The lowest BCUT2D eigenvalue weighted by molar-refractivity contribution is 0.0696. The molecule has 128 valence electrons. The van der Waals surface area contributed by atoms with Crippen LogP contribution in [0.3, 0.4) is 0 Å². The van der Waals surface area contributed by atoms with Crippen LogP contribution in [0.2, 0.25) is 0 Å². The Bertz CT molecular complexity index is 683. The normalized spacial score (nSPS) is 21.5. The van der Waals surface area contributed by atoms with Gasteiger partial charge in [0.2, 0.25) is 0 Å². The summed E-state index contributed by atoms with van der Waals surface area (Å²) in [4.78, 5) is 2.38. The second kappa shape index (κ2) is 7.03. The van der Waals surface area contributed by atoms with Crippen LogP contribution < -0.4 is 0 Å². The molecule has 1 aromatic carbocycles. The molecule has 1 fully saturated rings. The van der Waals surface area contributed by atoms with Crippen molar-refractivity contribution in [3.63, 3.8) is 0 Å². The molecule has 24 heavy (non-hydrogen) atoms. The van der Waals surface area contributed by atoms with Gasteiger partial charge in [0.1, 0.15) is 5.82 Å². The predicted octanol–water partition coefficient (Wildman–Crippen LogP) is 3.08. The molecule has 1 aliphatic heterocycles. The highest BCUT2D eigenvalue weighted by Gasteiger charge is 2.25. The van der Waals surface area contributed by atoms with Crippen LogP contribution in [0.5, 0.6) is 0 Å². The highest BCUT2D eigenvalue weighted by Crippen LogP contribution is 2.29. The fourth-order valence-electron chi connectivity index (χ4n) is 3.43. The Kier molecular flexibility index (Phi) is 4.63. The maximum Gasteiger partial charge on any atom is 0.123 e. The Hall–Kier alpha value is -1.72. The number of benzene rings is 1. The first-order valence-corrected chi connectivity index (χ1v) is 8.81. The predicted molar refractivity (Wildman–Crippen MR) is 89.8 cm³/mol. The molecule has 1 aromatic heterocycles. The molecule has 4 nitrogen and oxygen atoms in total. The monoisotopic (exact) mass is 329 g/mol. The van der Waals surface area contributed by atoms with E-state index in [9.17, 15) is 4.39 Å². The molecule has 1 saturated carbocycles. The molecule has 1 atom stereocenters. The van der Waals surface area contributed by atoms with Gasteiger partial charge in [0.15, 0.2) is 0 Å². The molecule has 0 N–H and O–H groups in total. The second-order valence-electron chi connectivity index (χ2n) is 7.15. The average molecular weight is 329 g/mol. The Balaban J connectivity index is 1.43. The van der Waals surface area contributed by atoms with Gasteiger partial charge in [-0.05, 0) is 42.5 Å². The van der Waals surface area contributed by atoms with Crippen LogP contribution in [0, 0.1) is 17.7 Å². The SMILES string of the molecule is Fc1cccc(CN2Cc3ccnn3CC(COCC3CC3)C2)c1. The van der Waals surface area contributed by atoms with Crippen molar-refractivity contribution in [2.75, 3.05) is 19.8 Å². The van der Waals surface area contributed by atoms with E-state index in [1.54, 1.807) is 12.1 Å². The first-order chi connectivity index (χ1) is 11.8. The highest BCUT2D eigenvalue weighted by molar-refractivity contribution is 5.16. The lowest BCUT2D eigenvalue weighted by atomic mass is 10.1. The van der Waals surface area contributed by atoms with E-state index in [0.717, 1.165) is 50.9 Å². The quantitative estimate of drug-likeness (QED) is 0.816. The number of fused-ring (bicyclic) bond motifs is 1. The van der Waals surface area contributed by atoms with E-state index in [0.29, 0.717) is 5.92 Å². The Morgan fingerprint density at radius 3 is 2.83 bits per heavy atom. The lowest BCUT2D eigenvalue weighted by Crippen LogP contribution is -2.30. The third kappa shape index (κ3) is 4.02. The highest BCUT2D eigenvalue weighted by atomic mass is 19.1. The molecule has 1 aliphatic carbocycles. The summed E-state index contributed by atoms with van der Waals surface area (Å²) < 4.78 is 21.5. The minimum atomic E-state index is -0.170. The van der Waals surface area contributed by atoms with Gasteiger partial charge < -0.3 is 4.74 Å². The number of hydrogen-bond acceptors (Lipinski definition) is 3. The molecule has 0 spiro atoms. The zero-order chi connectivity index (χ0) is 16.4. The third-order valence-corrected chi connectivity index (χ3v) is 4.84. The van der Waals surface area contributed by atoms with E-state index in [1.807, 2.05) is 12.3 Å². The van der Waals surface area contributed by atoms with E-state index >= 15 is 0 Å². The number of nitrogens with zero attached hydrogens (tertiary/aromatic N) is 3. The average Bonchev–Trinajstić information content (AvgIpc) is 3.30. The first-order valence-electron chi connectivity index (χ1n) is 8.81. The number of aromatic nitrogens is 2. The zero-order valence-corrected chi connectivity index (χ0v) is 13.9. The molecule has 2 aromatic rings. The van der Waals surface area contributed by atoms with E-state index in [2.05, 4.69) is 20.7 Å². The molecule has 4 rings (SSSR count). The summed E-state index contributed by atoms with van der Waals surface area (Å²) in [6, 6.07) is 8.97. The molecule has 5 heteroatoms. The zero-order valence-electron chi connectivity index (χ0n) is 13.9. The summed E-state index contributed by atoms with van der Waals surface area (Å²) in [5.41, 5.74) is 2.23. The summed E-state index contributed by atoms with van der Waals surface area (Å²) in [6.07, 6.45) is 4.50. The van der Waals surface area contributed by atoms with E-state index in [4.69, 9.17) is 4.74 Å². The van der Waals surface area contributed by atoms with E-state index < -0.39 is 0 Å². The van der Waals surface area contributed by atoms with Crippen molar-refractivity contribution in [1.29, 1.82) is 0 Å². The van der Waals surface area contributed by atoms with Gasteiger partial charge in [0, 0.05) is 44.9 Å². The number of ether oxygens (including phenoxy) is 1. The van der Waals surface area contributed by atoms with Crippen LogP contribution in [0.4, 0.5) is 4.39 Å². The molecule has 2 aliphatic rings. The third-order valence-electron chi connectivity index (χ3n) is 4.84. The van der Waals surface area contributed by atoms with Crippen LogP contribution in [-0.4, -0.2) is 34.4 Å². The molecular formula is C19H24FN3O. The van der Waals surface area contributed by atoms with Crippen LogP contribution in [0.25, 0.3) is 0 Å². The Morgan fingerprint density at radius 1 is 1.12 bits per heavy atom. The van der Waals surface area contributed by atoms with Crippen molar-refractivity contribution in [2.24, 2.45) is 11.8 Å². The van der Waals surface area contributed by atoms with Gasteiger partial charge in [-0.25, -0.2) is 4.39 Å². The molecular weight excluding hydrogens is 305 g/mol. The molecule has 2 heterocycles. The van der Waals surface area contributed by atoms with Gasteiger partial charge in [-0.3, -0.25) is 9.58 Å². The topological polar surface area (TPSA) is 30.3 Å². The first kappa shape index (κ1) is 15.8. The van der Waals surface area contributed by atoms with E-state index in [1.165, 1.54) is 24.6 Å². The van der Waals surface area contributed by atoms with Crippen molar-refractivity contribution in [2.45, 2.75) is 32.5 Å². The van der Waals surface area contributed by atoms with Crippen molar-refractivity contribution < 1.29 is 9.13 Å². The van der Waals surface area contributed by atoms with Gasteiger partial charge in [-0.1, -0.05) is 12.1 Å². The van der Waals surface area contributed by atoms with Gasteiger partial charge in [-0.15, -0.1) is 0 Å².